The lowest BCUT2D eigenvalue weighted by Crippen LogP contribution is -2.36. The fraction of sp³-hybridized carbons (Fsp3) is 0.412. The van der Waals surface area contributed by atoms with E-state index in [1.165, 1.54) is 12.1 Å². The number of carbonyl (C=O) groups excluding carboxylic acids is 1. The highest BCUT2D eigenvalue weighted by molar-refractivity contribution is 5.69. The van der Waals surface area contributed by atoms with Crippen molar-refractivity contribution >= 4 is 6.09 Å². The third kappa shape index (κ3) is 3.36. The summed E-state index contributed by atoms with van der Waals surface area (Å²) in [5.74, 6) is 0.576. The molecule has 5 nitrogen and oxygen atoms in total. The molecule has 1 aromatic carbocycles. The van der Waals surface area contributed by atoms with Gasteiger partial charge in [-0.05, 0) is 30.2 Å². The zero-order valence-electron chi connectivity index (χ0n) is 13.2. The Hall–Kier alpha value is -2.37. The first kappa shape index (κ1) is 15.5. The number of ether oxygens (including phenoxy) is 1. The predicted octanol–water partition coefficient (Wildman–Crippen LogP) is 3.63. The molecule has 0 N–H and O–H groups in total. The summed E-state index contributed by atoms with van der Waals surface area (Å²) in [6.07, 6.45) is 0.298. The molecule has 0 aliphatic carbocycles. The number of nitrogens with zero attached hydrogens (tertiary/aromatic N) is 2. The highest BCUT2D eigenvalue weighted by Crippen LogP contribution is 2.30. The number of amides is 1. The first-order chi connectivity index (χ1) is 11.0. The first-order valence-electron chi connectivity index (χ1n) is 7.69. The van der Waals surface area contributed by atoms with Crippen LogP contribution in [-0.2, 0) is 17.7 Å². The van der Waals surface area contributed by atoms with E-state index < -0.39 is 0 Å². The monoisotopic (exact) mass is 318 g/mol. The van der Waals surface area contributed by atoms with E-state index in [9.17, 15) is 9.18 Å². The summed E-state index contributed by atoms with van der Waals surface area (Å²) in [4.78, 5) is 13.8. The molecular formula is C17H19FN2O3. The Morgan fingerprint density at radius 1 is 1.39 bits per heavy atom. The second-order valence-electron chi connectivity index (χ2n) is 6.09. The molecule has 1 aliphatic heterocycles. The van der Waals surface area contributed by atoms with Crippen LogP contribution in [0.3, 0.4) is 0 Å². The van der Waals surface area contributed by atoms with Gasteiger partial charge >= 0.3 is 6.09 Å². The molecule has 0 fully saturated rings. The fourth-order valence-corrected chi connectivity index (χ4v) is 2.53. The van der Waals surface area contributed by atoms with Gasteiger partial charge in [0.25, 0.3) is 0 Å². The van der Waals surface area contributed by atoms with E-state index in [-0.39, 0.29) is 11.9 Å². The van der Waals surface area contributed by atoms with Crippen molar-refractivity contribution in [2.45, 2.75) is 26.8 Å². The lowest BCUT2D eigenvalue weighted by atomic mass is 10.0. The summed E-state index contributed by atoms with van der Waals surface area (Å²) in [6.45, 7) is 5.33. The van der Waals surface area contributed by atoms with Gasteiger partial charge in [0.05, 0.1) is 18.8 Å². The third-order valence-corrected chi connectivity index (χ3v) is 3.74. The molecule has 122 valence electrons. The summed E-state index contributed by atoms with van der Waals surface area (Å²) >= 11 is 0. The molecule has 0 radical (unpaired) electrons. The number of hydrogen-bond acceptors (Lipinski definition) is 4. The number of benzene rings is 1. The Bertz CT molecular complexity index is 694. The molecule has 1 aromatic heterocycles. The Morgan fingerprint density at radius 3 is 2.83 bits per heavy atom. The van der Waals surface area contributed by atoms with Crippen molar-refractivity contribution in [1.82, 2.24) is 10.1 Å². The van der Waals surface area contributed by atoms with Gasteiger partial charge in [0, 0.05) is 24.1 Å². The van der Waals surface area contributed by atoms with Gasteiger partial charge in [0.15, 0.2) is 5.76 Å². The SMILES string of the molecule is CC(C)COC(=O)N1CCc2noc(-c3ccc(F)cc3)c2C1. The number of rotatable bonds is 3. The molecule has 0 saturated heterocycles. The maximum Gasteiger partial charge on any atom is 0.410 e. The number of halogens is 1. The van der Waals surface area contributed by atoms with Crippen LogP contribution in [0.25, 0.3) is 11.3 Å². The molecule has 2 heterocycles. The van der Waals surface area contributed by atoms with Crippen LogP contribution in [0, 0.1) is 11.7 Å². The van der Waals surface area contributed by atoms with E-state index in [1.807, 2.05) is 13.8 Å². The molecule has 1 aliphatic rings. The van der Waals surface area contributed by atoms with Crippen LogP contribution >= 0.6 is 0 Å². The minimum atomic E-state index is -0.324. The molecule has 0 bridgehead atoms. The maximum atomic E-state index is 13.1. The van der Waals surface area contributed by atoms with Crippen LogP contribution in [0.2, 0.25) is 0 Å². The molecular weight excluding hydrogens is 299 g/mol. The lowest BCUT2D eigenvalue weighted by molar-refractivity contribution is 0.0879. The van der Waals surface area contributed by atoms with Crippen LogP contribution in [0.1, 0.15) is 25.1 Å². The van der Waals surface area contributed by atoms with E-state index in [4.69, 9.17) is 9.26 Å². The first-order valence-corrected chi connectivity index (χ1v) is 7.69. The largest absolute Gasteiger partial charge is 0.449 e. The normalized spacial score (nSPS) is 14.0. The van der Waals surface area contributed by atoms with Crippen LogP contribution < -0.4 is 0 Å². The Morgan fingerprint density at radius 2 is 2.13 bits per heavy atom. The molecule has 0 atom stereocenters. The van der Waals surface area contributed by atoms with E-state index in [2.05, 4.69) is 5.16 Å². The van der Waals surface area contributed by atoms with E-state index in [0.29, 0.717) is 37.8 Å². The topological polar surface area (TPSA) is 55.6 Å². The average molecular weight is 318 g/mol. The molecule has 1 amide bonds. The Kier molecular flexibility index (Phi) is 4.32. The second kappa shape index (κ2) is 6.40. The highest BCUT2D eigenvalue weighted by Gasteiger charge is 2.28. The van der Waals surface area contributed by atoms with Crippen molar-refractivity contribution in [3.8, 4) is 11.3 Å². The van der Waals surface area contributed by atoms with Gasteiger partial charge in [-0.1, -0.05) is 19.0 Å². The zero-order valence-corrected chi connectivity index (χ0v) is 13.2. The summed E-state index contributed by atoms with van der Waals surface area (Å²) in [7, 11) is 0. The van der Waals surface area contributed by atoms with Gasteiger partial charge in [-0.25, -0.2) is 9.18 Å². The van der Waals surface area contributed by atoms with Crippen molar-refractivity contribution in [2.24, 2.45) is 5.92 Å². The van der Waals surface area contributed by atoms with Gasteiger partial charge < -0.3 is 14.2 Å². The molecule has 2 aromatic rings. The minimum absolute atomic E-state index is 0.296. The van der Waals surface area contributed by atoms with Crippen molar-refractivity contribution in [2.75, 3.05) is 13.2 Å². The minimum Gasteiger partial charge on any atom is -0.449 e. The molecule has 23 heavy (non-hydrogen) atoms. The Labute approximate surface area is 134 Å². The van der Waals surface area contributed by atoms with Gasteiger partial charge in [-0.15, -0.1) is 0 Å². The summed E-state index contributed by atoms with van der Waals surface area (Å²) in [6, 6.07) is 6.04. The fourth-order valence-electron chi connectivity index (χ4n) is 2.53. The van der Waals surface area contributed by atoms with Gasteiger partial charge in [-0.3, -0.25) is 0 Å². The van der Waals surface area contributed by atoms with Crippen LogP contribution in [0.15, 0.2) is 28.8 Å². The molecule has 0 spiro atoms. The lowest BCUT2D eigenvalue weighted by Gasteiger charge is -2.26. The van der Waals surface area contributed by atoms with Crippen LogP contribution in [-0.4, -0.2) is 29.3 Å². The van der Waals surface area contributed by atoms with Gasteiger partial charge in [0.1, 0.15) is 5.82 Å². The van der Waals surface area contributed by atoms with Gasteiger partial charge in [0.2, 0.25) is 0 Å². The van der Waals surface area contributed by atoms with Gasteiger partial charge in [-0.2, -0.15) is 0 Å². The van der Waals surface area contributed by atoms with E-state index >= 15 is 0 Å². The predicted molar refractivity (Wildman–Crippen MR) is 82.2 cm³/mol. The van der Waals surface area contributed by atoms with E-state index in [0.717, 1.165) is 16.8 Å². The number of fused-ring (bicyclic) bond motifs is 1. The number of aromatic nitrogens is 1. The number of hydrogen-bond donors (Lipinski definition) is 0. The molecule has 6 heteroatoms. The molecule has 0 unspecified atom stereocenters. The quantitative estimate of drug-likeness (QED) is 0.867. The average Bonchev–Trinajstić information content (AvgIpc) is 2.96. The Balaban J connectivity index is 1.78. The number of carbonyl (C=O) groups is 1. The van der Waals surface area contributed by atoms with Crippen molar-refractivity contribution in [3.05, 3.63) is 41.3 Å². The standard InChI is InChI=1S/C17H19FN2O3/c1-11(2)10-22-17(21)20-8-7-15-14(9-20)16(23-19-15)12-3-5-13(18)6-4-12/h3-6,11H,7-10H2,1-2H3. The molecule has 0 saturated carbocycles. The van der Waals surface area contributed by atoms with E-state index in [1.54, 1.807) is 17.0 Å². The van der Waals surface area contributed by atoms with Crippen LogP contribution in [0.4, 0.5) is 9.18 Å². The highest BCUT2D eigenvalue weighted by atomic mass is 19.1. The smallest absolute Gasteiger partial charge is 0.410 e. The summed E-state index contributed by atoms with van der Waals surface area (Å²) in [5, 5.41) is 4.08. The zero-order chi connectivity index (χ0) is 16.4. The van der Waals surface area contributed by atoms with Crippen molar-refractivity contribution in [1.29, 1.82) is 0 Å². The second-order valence-corrected chi connectivity index (χ2v) is 6.09. The summed E-state index contributed by atoms with van der Waals surface area (Å²) in [5.41, 5.74) is 2.46. The summed E-state index contributed by atoms with van der Waals surface area (Å²) < 4.78 is 23.8. The maximum absolute atomic E-state index is 13.1. The third-order valence-electron chi connectivity index (χ3n) is 3.74. The molecule has 3 rings (SSSR count). The van der Waals surface area contributed by atoms with Crippen molar-refractivity contribution < 1.29 is 18.4 Å². The van der Waals surface area contributed by atoms with Crippen molar-refractivity contribution in [3.63, 3.8) is 0 Å². The van der Waals surface area contributed by atoms with Crippen LogP contribution in [0.5, 0.6) is 0 Å².